The van der Waals surface area contributed by atoms with Crippen LogP contribution in [0.25, 0.3) is 5.69 Å². The second kappa shape index (κ2) is 10.1. The summed E-state index contributed by atoms with van der Waals surface area (Å²) in [5.41, 5.74) is 7.01. The third kappa shape index (κ3) is 4.75. The van der Waals surface area contributed by atoms with Crippen molar-refractivity contribution in [2.24, 2.45) is 0 Å². The van der Waals surface area contributed by atoms with E-state index in [9.17, 15) is 9.59 Å². The van der Waals surface area contributed by atoms with Crippen molar-refractivity contribution in [3.63, 3.8) is 0 Å². The highest BCUT2D eigenvalue weighted by molar-refractivity contribution is 6.07. The van der Waals surface area contributed by atoms with Crippen molar-refractivity contribution < 1.29 is 14.4 Å². The number of hydrogen-bond donors (Lipinski definition) is 2. The molecule has 0 bridgehead atoms. The maximum atomic E-state index is 13.8. The van der Waals surface area contributed by atoms with E-state index in [2.05, 4.69) is 21.1 Å². The molecule has 4 heterocycles. The quantitative estimate of drug-likeness (QED) is 0.378. The lowest BCUT2D eigenvalue weighted by atomic mass is 10.0. The average Bonchev–Trinajstić information content (AvgIpc) is 3.71. The van der Waals surface area contributed by atoms with Crippen LogP contribution < -0.4 is 15.9 Å². The fraction of sp³-hybridized carbons (Fsp3) is 0.214. The Kier molecular flexibility index (Phi) is 6.33. The van der Waals surface area contributed by atoms with Gasteiger partial charge in [-0.3, -0.25) is 14.3 Å². The second-order valence-corrected chi connectivity index (χ2v) is 9.69. The number of hydrazine groups is 1. The van der Waals surface area contributed by atoms with Crippen LogP contribution in [0.4, 0.5) is 11.4 Å². The first-order valence-corrected chi connectivity index (χ1v) is 12.8. The van der Waals surface area contributed by atoms with Gasteiger partial charge in [0.2, 0.25) is 0 Å². The molecule has 0 fully saturated rings. The van der Waals surface area contributed by atoms with Crippen LogP contribution >= 0.6 is 0 Å². The van der Waals surface area contributed by atoms with Gasteiger partial charge in [0.15, 0.2) is 5.69 Å². The monoisotopic (exact) mass is 524 g/mol. The zero-order valence-electron chi connectivity index (χ0n) is 21.6. The molecular weight excluding hydrogens is 496 g/mol. The van der Waals surface area contributed by atoms with Crippen LogP contribution in [0.1, 0.15) is 52.0 Å². The molecule has 0 aliphatic carbocycles. The smallest absolute Gasteiger partial charge is 0.276 e. The van der Waals surface area contributed by atoms with Gasteiger partial charge in [-0.1, -0.05) is 42.0 Å². The van der Waals surface area contributed by atoms with Crippen molar-refractivity contribution in [1.82, 2.24) is 30.0 Å². The Balaban J connectivity index is 1.34. The first kappa shape index (κ1) is 24.4. The molecule has 0 saturated heterocycles. The van der Waals surface area contributed by atoms with E-state index in [1.807, 2.05) is 68.6 Å². The third-order valence-electron chi connectivity index (χ3n) is 6.71. The summed E-state index contributed by atoms with van der Waals surface area (Å²) >= 11 is 0. The molecule has 198 valence electrons. The van der Waals surface area contributed by atoms with E-state index in [1.165, 1.54) is 6.26 Å². The van der Waals surface area contributed by atoms with Gasteiger partial charge in [0.05, 0.1) is 24.3 Å². The van der Waals surface area contributed by atoms with Crippen LogP contribution in [0, 0.1) is 0 Å². The number of carbonyl (C=O) groups excluding carboxylic acids is 2. The van der Waals surface area contributed by atoms with Crippen LogP contribution in [-0.4, -0.2) is 42.8 Å². The van der Waals surface area contributed by atoms with E-state index in [1.54, 1.807) is 37.7 Å². The zero-order valence-corrected chi connectivity index (χ0v) is 21.6. The highest BCUT2D eigenvalue weighted by Crippen LogP contribution is 2.28. The fourth-order valence-electron chi connectivity index (χ4n) is 4.72. The Morgan fingerprint density at radius 2 is 1.97 bits per heavy atom. The van der Waals surface area contributed by atoms with Crippen LogP contribution in [0.2, 0.25) is 0 Å². The fourth-order valence-corrected chi connectivity index (χ4v) is 4.72. The summed E-state index contributed by atoms with van der Waals surface area (Å²) in [5.74, 6) is -0.554. The van der Waals surface area contributed by atoms with Crippen LogP contribution in [0.15, 0.2) is 79.5 Å². The number of anilines is 2. The van der Waals surface area contributed by atoms with Crippen molar-refractivity contribution in [3.8, 4) is 5.69 Å². The SMILES string of the molecule is CC(C)n1cc(-n2nc(C(=O)Nc3cccc(N4C=CON4)c3)c3c2C(=O)N(Cc2ccccc2)CC3)cn1. The largest absolute Gasteiger partial charge is 0.395 e. The molecule has 2 aliphatic rings. The summed E-state index contributed by atoms with van der Waals surface area (Å²) < 4.78 is 3.36. The van der Waals surface area contributed by atoms with Gasteiger partial charge in [-0.25, -0.2) is 9.69 Å². The molecule has 6 rings (SSSR count). The maximum Gasteiger partial charge on any atom is 0.276 e. The number of rotatable bonds is 7. The van der Waals surface area contributed by atoms with Crippen LogP contribution in [-0.2, 0) is 17.8 Å². The molecule has 11 heteroatoms. The number of hydrogen-bond acceptors (Lipinski definition) is 7. The van der Waals surface area contributed by atoms with Crippen LogP contribution in [0.3, 0.4) is 0 Å². The van der Waals surface area contributed by atoms with E-state index in [4.69, 9.17) is 4.84 Å². The highest BCUT2D eigenvalue weighted by atomic mass is 16.7. The lowest BCUT2D eigenvalue weighted by molar-refractivity contribution is 0.0717. The molecule has 0 saturated carbocycles. The van der Waals surface area contributed by atoms with Gasteiger partial charge < -0.3 is 15.1 Å². The van der Waals surface area contributed by atoms with Gasteiger partial charge in [0.25, 0.3) is 11.8 Å². The Morgan fingerprint density at radius 1 is 1.13 bits per heavy atom. The number of benzene rings is 2. The number of nitrogens with one attached hydrogen (secondary N) is 2. The van der Waals surface area contributed by atoms with Gasteiger partial charge in [-0.05, 0) is 44.0 Å². The lowest BCUT2D eigenvalue weighted by Gasteiger charge is -2.27. The normalized spacial score (nSPS) is 14.6. The molecule has 2 N–H and O–H groups in total. The Bertz CT molecular complexity index is 1560. The molecule has 0 spiro atoms. The first-order chi connectivity index (χ1) is 19.0. The van der Waals surface area contributed by atoms with Gasteiger partial charge in [0, 0.05) is 30.4 Å². The van der Waals surface area contributed by atoms with Crippen molar-refractivity contribution in [1.29, 1.82) is 0 Å². The maximum absolute atomic E-state index is 13.8. The predicted molar refractivity (Wildman–Crippen MR) is 145 cm³/mol. The molecule has 2 aliphatic heterocycles. The number of amides is 2. The van der Waals surface area contributed by atoms with Crippen molar-refractivity contribution in [2.75, 3.05) is 16.9 Å². The molecule has 2 aromatic heterocycles. The number of carbonyl (C=O) groups is 2. The first-order valence-electron chi connectivity index (χ1n) is 12.8. The van der Waals surface area contributed by atoms with E-state index in [0.29, 0.717) is 42.1 Å². The molecule has 0 radical (unpaired) electrons. The molecule has 2 aromatic carbocycles. The Labute approximate surface area is 225 Å². The second-order valence-electron chi connectivity index (χ2n) is 9.69. The standard InChI is InChI=1S/C28H28N8O3/c1-19(2)35-18-23(16-29-35)36-26-24(11-12-33(28(26)38)17-20-7-4-3-5-8-20)25(31-36)27(37)30-21-9-6-10-22(15-21)34-13-14-39-32-34/h3-10,13-16,18-19,32H,11-12,17H2,1-2H3,(H,30,37). The Hall–Kier alpha value is -4.90. The van der Waals surface area contributed by atoms with Crippen molar-refractivity contribution >= 4 is 23.2 Å². The molecule has 0 atom stereocenters. The number of aromatic nitrogens is 4. The van der Waals surface area contributed by atoms with Gasteiger partial charge in [-0.2, -0.15) is 10.2 Å². The predicted octanol–water partition coefficient (Wildman–Crippen LogP) is 3.83. The van der Waals surface area contributed by atoms with Gasteiger partial charge in [0.1, 0.15) is 17.6 Å². The van der Waals surface area contributed by atoms with Crippen LogP contribution in [0.5, 0.6) is 0 Å². The highest BCUT2D eigenvalue weighted by Gasteiger charge is 2.35. The lowest BCUT2D eigenvalue weighted by Crippen LogP contribution is -2.38. The minimum absolute atomic E-state index is 0.135. The Morgan fingerprint density at radius 3 is 2.72 bits per heavy atom. The summed E-state index contributed by atoms with van der Waals surface area (Å²) in [7, 11) is 0. The van der Waals surface area contributed by atoms with Crippen molar-refractivity contribution in [3.05, 3.63) is 102 Å². The van der Waals surface area contributed by atoms with Gasteiger partial charge >= 0.3 is 0 Å². The molecular formula is C28H28N8O3. The third-order valence-corrected chi connectivity index (χ3v) is 6.71. The minimum Gasteiger partial charge on any atom is -0.395 e. The molecule has 39 heavy (non-hydrogen) atoms. The summed E-state index contributed by atoms with van der Waals surface area (Å²) in [6.07, 6.45) is 7.26. The number of fused-ring (bicyclic) bond motifs is 1. The average molecular weight is 525 g/mol. The summed E-state index contributed by atoms with van der Waals surface area (Å²) in [6, 6.07) is 17.3. The van der Waals surface area contributed by atoms with E-state index >= 15 is 0 Å². The van der Waals surface area contributed by atoms with Gasteiger partial charge in [-0.15, -0.1) is 0 Å². The number of nitrogens with zero attached hydrogens (tertiary/aromatic N) is 6. The topological polar surface area (TPSA) is 110 Å². The van der Waals surface area contributed by atoms with E-state index in [0.717, 1.165) is 11.3 Å². The summed E-state index contributed by atoms with van der Waals surface area (Å²) in [4.78, 5) is 34.2. The molecule has 4 aromatic rings. The zero-order chi connectivity index (χ0) is 26.9. The van der Waals surface area contributed by atoms with Crippen molar-refractivity contribution in [2.45, 2.75) is 32.9 Å². The summed E-state index contributed by atoms with van der Waals surface area (Å²) in [5, 5.41) is 13.7. The van der Waals surface area contributed by atoms with E-state index < -0.39 is 0 Å². The molecule has 2 amide bonds. The van der Waals surface area contributed by atoms with E-state index in [-0.39, 0.29) is 23.6 Å². The molecule has 0 unspecified atom stereocenters. The molecule has 11 nitrogen and oxygen atoms in total. The minimum atomic E-state index is -0.385. The summed E-state index contributed by atoms with van der Waals surface area (Å²) in [6.45, 7) is 5.01.